The molecule has 1 radical (unpaired) electrons. The van der Waals surface area contributed by atoms with Gasteiger partial charge in [0.15, 0.2) is 0 Å². The molecular weight excluding hydrogens is 805 g/mol. The molecule has 7 heteroatoms. The van der Waals surface area contributed by atoms with E-state index in [0.717, 1.165) is 50.0 Å². The maximum absolute atomic E-state index is 6.05. The van der Waals surface area contributed by atoms with Gasteiger partial charge >= 0.3 is 119 Å². The molecule has 0 fully saturated rings. The van der Waals surface area contributed by atoms with Crippen molar-refractivity contribution < 1.29 is 24.5 Å². The Morgan fingerprint density at radius 2 is 1.54 bits per heavy atom. The van der Waals surface area contributed by atoms with Gasteiger partial charge in [-0.3, -0.25) is 0 Å². The molecule has 0 bridgehead atoms. The predicted octanol–water partition coefficient (Wildman–Crippen LogP) is 9.43. The Balaban J connectivity index is 0.000000187. The Kier molecular flexibility index (Phi) is 10.3. The third kappa shape index (κ3) is 7.20. The van der Waals surface area contributed by atoms with Crippen LogP contribution in [0.25, 0.3) is 55.7 Å². The molecule has 5 nitrogen and oxygen atoms in total. The van der Waals surface area contributed by atoms with Gasteiger partial charge in [0, 0.05) is 43.4 Å². The summed E-state index contributed by atoms with van der Waals surface area (Å²) in [6.07, 6.45) is 10.5. The fourth-order valence-corrected chi connectivity index (χ4v) is 8.96. The third-order valence-corrected chi connectivity index (χ3v) is 12.1. The van der Waals surface area contributed by atoms with Crippen LogP contribution in [-0.2, 0) is 20.1 Å². The summed E-state index contributed by atoms with van der Waals surface area (Å²) in [4.78, 5) is 17.9. The van der Waals surface area contributed by atoms with Crippen LogP contribution < -0.4 is 4.40 Å². The number of hydrogen-bond donors (Lipinski definition) is 0. The summed E-state index contributed by atoms with van der Waals surface area (Å²) in [5.41, 5.74) is 9.74. The second-order valence-corrected chi connectivity index (χ2v) is 23.2. The van der Waals surface area contributed by atoms with Crippen LogP contribution in [0.5, 0.6) is 0 Å². The number of benzene rings is 2. The fourth-order valence-electron chi connectivity index (χ4n) is 5.44. The summed E-state index contributed by atoms with van der Waals surface area (Å²) >= 11 is -1.85. The minimum Gasteiger partial charge on any atom is -0.486 e. The van der Waals surface area contributed by atoms with Gasteiger partial charge in [-0.05, 0) is 48.1 Å². The molecule has 2 aromatic carbocycles. The Morgan fingerprint density at radius 3 is 2.24 bits per heavy atom. The van der Waals surface area contributed by atoms with Gasteiger partial charge in [0.25, 0.3) is 0 Å². The molecule has 7 rings (SSSR count). The van der Waals surface area contributed by atoms with E-state index in [9.17, 15) is 0 Å². The molecule has 46 heavy (non-hydrogen) atoms. The Bertz CT molecular complexity index is 2090. The third-order valence-electron chi connectivity index (χ3n) is 7.81. The summed E-state index contributed by atoms with van der Waals surface area (Å²) in [6.45, 7) is 6.57. The van der Waals surface area contributed by atoms with Crippen LogP contribution in [-0.4, -0.2) is 33.2 Å². The molecule has 233 valence electrons. The predicted molar refractivity (Wildman–Crippen MR) is 187 cm³/mol. The summed E-state index contributed by atoms with van der Waals surface area (Å²) in [5.74, 6) is 7.83. The minimum absolute atomic E-state index is 0. The van der Waals surface area contributed by atoms with E-state index in [1.165, 1.54) is 9.96 Å². The molecule has 0 aliphatic heterocycles. The second-order valence-electron chi connectivity index (χ2n) is 12.6. The van der Waals surface area contributed by atoms with E-state index in [4.69, 9.17) is 4.42 Å². The zero-order valence-electron chi connectivity index (χ0n) is 26.9. The van der Waals surface area contributed by atoms with E-state index in [0.29, 0.717) is 17.2 Å². The number of aryl methyl sites for hydroxylation is 1. The number of hydrogen-bond acceptors (Lipinski definition) is 5. The van der Waals surface area contributed by atoms with Crippen molar-refractivity contribution in [2.45, 2.75) is 44.0 Å². The second kappa shape index (κ2) is 14.2. The van der Waals surface area contributed by atoms with Crippen LogP contribution in [0, 0.1) is 19.2 Å². The van der Waals surface area contributed by atoms with E-state index >= 15 is 0 Å². The van der Waals surface area contributed by atoms with Gasteiger partial charge in [0.2, 0.25) is 5.71 Å². The molecule has 5 aromatic heterocycles. The first-order chi connectivity index (χ1) is 21.7. The Morgan fingerprint density at radius 1 is 0.761 bits per heavy atom. The molecule has 0 spiro atoms. The van der Waals surface area contributed by atoms with Crippen molar-refractivity contribution in [3.63, 3.8) is 0 Å². The van der Waals surface area contributed by atoms with Gasteiger partial charge in [-0.15, -0.1) is 0 Å². The first kappa shape index (κ1) is 33.4. The molecule has 0 unspecified atom stereocenters. The van der Waals surface area contributed by atoms with Gasteiger partial charge in [-0.25, -0.2) is 4.98 Å². The van der Waals surface area contributed by atoms with Gasteiger partial charge in [-0.1, -0.05) is 47.5 Å². The number of rotatable bonds is 5. The van der Waals surface area contributed by atoms with Crippen LogP contribution in [0.3, 0.4) is 0 Å². The van der Waals surface area contributed by atoms with Crippen molar-refractivity contribution in [2.75, 3.05) is 0 Å². The van der Waals surface area contributed by atoms with Crippen LogP contribution >= 0.6 is 0 Å². The first-order valence-corrected chi connectivity index (χ1v) is 22.6. The quantitative estimate of drug-likeness (QED) is 0.128. The van der Waals surface area contributed by atoms with Crippen LogP contribution in [0.4, 0.5) is 0 Å². The number of nitrogens with zero attached hydrogens (tertiary/aromatic N) is 4. The average molecular weight is 842 g/mol. The number of furan rings is 1. The van der Waals surface area contributed by atoms with Crippen molar-refractivity contribution >= 4 is 39.7 Å². The van der Waals surface area contributed by atoms with Gasteiger partial charge in [0.1, 0.15) is 0 Å². The van der Waals surface area contributed by atoms with E-state index in [1.807, 2.05) is 61.7 Å². The molecule has 7 aromatic rings. The smallest absolute Gasteiger partial charge is 0.216 e. The van der Waals surface area contributed by atoms with Gasteiger partial charge in [-0.2, -0.15) is 0 Å². The van der Waals surface area contributed by atoms with E-state index in [-0.39, 0.29) is 20.1 Å². The zero-order chi connectivity index (χ0) is 31.6. The van der Waals surface area contributed by atoms with Crippen molar-refractivity contribution in [3.05, 3.63) is 127 Å². The molecule has 0 saturated heterocycles. The van der Waals surface area contributed by atoms with E-state index < -0.39 is 13.3 Å². The standard InChI is InChI=1S/C22H14N3O.C17H22GeN.Ir/c1-14-7-8-24-20(9-14)19-13-23-12-18-17-10-16(15-5-3-2-4-6-15)11-25-22(17)26-21(18)19;1-13(2)15-11-17(14-9-7-6-8-10-14)19-12-16(15)18(3,4)5;/h2-12H,1H3;6-9,11-13H,1-5H3;/q2*-1;. The normalized spacial score (nSPS) is 11.3. The molecule has 0 N–H and O–H groups in total. The molecule has 0 saturated carbocycles. The maximum atomic E-state index is 6.05. The SMILES string of the molecule is CC(C)c1cc(-c2[c-]cccc2)nc[c]1[Ge]([CH3])([CH3])[CH3].Cc1ccnc(-c2[c-]ncc3c2oc2ncc(-c4ccccc4)cc23)c1.[Ir]. The van der Waals surface area contributed by atoms with Crippen LogP contribution in [0.1, 0.15) is 30.9 Å². The molecule has 0 atom stereocenters. The minimum atomic E-state index is -1.85. The Labute approximate surface area is 287 Å². The molecular formula is C39H36GeIrN4O-2. The molecule has 0 aliphatic carbocycles. The molecule has 0 aliphatic rings. The van der Waals surface area contributed by atoms with Crippen molar-refractivity contribution in [1.29, 1.82) is 0 Å². The van der Waals surface area contributed by atoms with Crippen molar-refractivity contribution in [2.24, 2.45) is 0 Å². The van der Waals surface area contributed by atoms with Crippen LogP contribution in [0.2, 0.25) is 17.3 Å². The molecule has 0 amide bonds. The van der Waals surface area contributed by atoms with Gasteiger partial charge < -0.3 is 14.4 Å². The van der Waals surface area contributed by atoms with E-state index in [2.05, 4.69) is 99.8 Å². The number of pyridine rings is 4. The summed E-state index contributed by atoms with van der Waals surface area (Å²) in [5, 5.41) is 1.86. The van der Waals surface area contributed by atoms with Gasteiger partial charge in [0.05, 0.1) is 5.58 Å². The maximum Gasteiger partial charge on any atom is 0.216 e. The summed E-state index contributed by atoms with van der Waals surface area (Å²) < 4.78 is 7.57. The first-order valence-electron chi connectivity index (χ1n) is 15.2. The van der Waals surface area contributed by atoms with Crippen molar-refractivity contribution in [3.8, 4) is 33.6 Å². The Hall–Kier alpha value is -3.97. The average Bonchev–Trinajstić information content (AvgIpc) is 3.43. The van der Waals surface area contributed by atoms with Crippen molar-refractivity contribution in [1.82, 2.24) is 19.9 Å². The monoisotopic (exact) mass is 843 g/mol. The summed E-state index contributed by atoms with van der Waals surface area (Å²) in [6, 6.07) is 29.8. The van der Waals surface area contributed by atoms with Crippen LogP contribution in [0.15, 0.2) is 108 Å². The van der Waals surface area contributed by atoms with E-state index in [1.54, 1.807) is 12.4 Å². The fraction of sp³-hybridized carbons (Fsp3) is 0.179. The molecule has 5 heterocycles. The zero-order valence-corrected chi connectivity index (χ0v) is 31.4. The summed E-state index contributed by atoms with van der Waals surface area (Å²) in [7, 11) is 0. The largest absolute Gasteiger partial charge is 0.486 e. The topological polar surface area (TPSA) is 64.7 Å². The number of fused-ring (bicyclic) bond motifs is 3. The number of aromatic nitrogens is 4.